The van der Waals surface area contributed by atoms with Crippen LogP contribution < -0.4 is 0 Å². The molecule has 1 heterocycles. The monoisotopic (exact) mass is 342 g/mol. The van der Waals surface area contributed by atoms with Crippen molar-refractivity contribution >= 4 is 11.8 Å². The number of benzene rings is 1. The van der Waals surface area contributed by atoms with E-state index in [0.717, 1.165) is 17.7 Å². The number of carbonyl (C=O) groups excluding carboxylic acids is 2. The first kappa shape index (κ1) is 18.0. The zero-order valence-corrected chi connectivity index (χ0v) is 15.7. The molecule has 2 amide bonds. The molecule has 1 saturated carbocycles. The fourth-order valence-corrected chi connectivity index (χ4v) is 3.67. The highest BCUT2D eigenvalue weighted by molar-refractivity contribution is 5.82. The summed E-state index contributed by atoms with van der Waals surface area (Å²) in [5.41, 5.74) is 2.23. The molecular weight excluding hydrogens is 312 g/mol. The van der Waals surface area contributed by atoms with E-state index in [4.69, 9.17) is 0 Å². The quantitative estimate of drug-likeness (QED) is 0.825. The van der Waals surface area contributed by atoms with Crippen molar-refractivity contribution in [1.29, 1.82) is 0 Å². The molecule has 0 spiro atoms. The number of amides is 2. The first-order valence-corrected chi connectivity index (χ1v) is 9.57. The molecule has 0 radical (unpaired) electrons. The standard InChI is InChI=1S/C21H30N2O2/c1-15(2)19-14-22(11-10-20(24)23(19)13-17-8-9-17)21(25)12-18-7-5-4-6-16(18)3/h4-7,15,17,19H,8-14H2,1-3H3. The Balaban J connectivity index is 1.72. The second-order valence-electron chi connectivity index (χ2n) is 7.99. The Morgan fingerprint density at radius 3 is 2.60 bits per heavy atom. The lowest BCUT2D eigenvalue weighted by Gasteiger charge is -2.35. The van der Waals surface area contributed by atoms with E-state index in [9.17, 15) is 9.59 Å². The van der Waals surface area contributed by atoms with Crippen molar-refractivity contribution in [3.63, 3.8) is 0 Å². The van der Waals surface area contributed by atoms with Crippen molar-refractivity contribution in [2.75, 3.05) is 19.6 Å². The zero-order valence-electron chi connectivity index (χ0n) is 15.7. The largest absolute Gasteiger partial charge is 0.340 e. The number of aryl methyl sites for hydroxylation is 1. The van der Waals surface area contributed by atoms with Crippen LogP contribution in [0.15, 0.2) is 24.3 Å². The van der Waals surface area contributed by atoms with Gasteiger partial charge in [-0.2, -0.15) is 0 Å². The van der Waals surface area contributed by atoms with E-state index in [-0.39, 0.29) is 17.9 Å². The van der Waals surface area contributed by atoms with Crippen LogP contribution in [0.2, 0.25) is 0 Å². The number of hydrogen-bond donors (Lipinski definition) is 0. The van der Waals surface area contributed by atoms with Gasteiger partial charge in [0.1, 0.15) is 0 Å². The highest BCUT2D eigenvalue weighted by atomic mass is 16.2. The van der Waals surface area contributed by atoms with Gasteiger partial charge in [-0.25, -0.2) is 0 Å². The number of carbonyl (C=O) groups is 2. The van der Waals surface area contributed by atoms with Gasteiger partial charge in [0.15, 0.2) is 0 Å². The molecule has 3 rings (SSSR count). The average Bonchev–Trinajstić information content (AvgIpc) is 3.39. The Labute approximate surface area is 151 Å². The molecule has 1 aliphatic carbocycles. The summed E-state index contributed by atoms with van der Waals surface area (Å²) in [6.07, 6.45) is 3.36. The van der Waals surface area contributed by atoms with Gasteiger partial charge in [0, 0.05) is 26.1 Å². The van der Waals surface area contributed by atoms with Gasteiger partial charge in [-0.15, -0.1) is 0 Å². The van der Waals surface area contributed by atoms with E-state index >= 15 is 0 Å². The van der Waals surface area contributed by atoms with Crippen LogP contribution in [0.1, 0.15) is 44.2 Å². The molecule has 1 atom stereocenters. The Morgan fingerprint density at radius 1 is 1.24 bits per heavy atom. The summed E-state index contributed by atoms with van der Waals surface area (Å²) in [5.74, 6) is 1.40. The van der Waals surface area contributed by atoms with Crippen molar-refractivity contribution in [2.45, 2.75) is 52.5 Å². The van der Waals surface area contributed by atoms with Crippen molar-refractivity contribution in [3.8, 4) is 0 Å². The summed E-state index contributed by atoms with van der Waals surface area (Å²) in [7, 11) is 0. The zero-order chi connectivity index (χ0) is 18.0. The topological polar surface area (TPSA) is 40.6 Å². The molecule has 1 aromatic carbocycles. The fourth-order valence-electron chi connectivity index (χ4n) is 3.67. The number of nitrogens with zero attached hydrogens (tertiary/aromatic N) is 2. The van der Waals surface area contributed by atoms with Gasteiger partial charge < -0.3 is 9.80 Å². The number of rotatable bonds is 5. The van der Waals surface area contributed by atoms with E-state index < -0.39 is 0 Å². The van der Waals surface area contributed by atoms with Gasteiger partial charge in [-0.3, -0.25) is 9.59 Å². The van der Waals surface area contributed by atoms with E-state index in [1.54, 1.807) is 0 Å². The Hall–Kier alpha value is -1.84. The maximum atomic E-state index is 12.9. The SMILES string of the molecule is Cc1ccccc1CC(=O)N1CCC(=O)N(CC2CC2)C(C(C)C)C1. The summed E-state index contributed by atoms with van der Waals surface area (Å²) in [4.78, 5) is 29.5. The van der Waals surface area contributed by atoms with Crippen molar-refractivity contribution in [3.05, 3.63) is 35.4 Å². The lowest BCUT2D eigenvalue weighted by atomic mass is 10.0. The smallest absolute Gasteiger partial charge is 0.227 e. The van der Waals surface area contributed by atoms with Gasteiger partial charge in [-0.1, -0.05) is 38.1 Å². The molecule has 4 nitrogen and oxygen atoms in total. The molecule has 136 valence electrons. The van der Waals surface area contributed by atoms with E-state index in [2.05, 4.69) is 18.7 Å². The highest BCUT2D eigenvalue weighted by Gasteiger charge is 2.36. The van der Waals surface area contributed by atoms with E-state index in [1.807, 2.05) is 36.1 Å². The van der Waals surface area contributed by atoms with Gasteiger partial charge in [0.2, 0.25) is 11.8 Å². The first-order valence-electron chi connectivity index (χ1n) is 9.57. The minimum Gasteiger partial charge on any atom is -0.340 e. The molecule has 0 N–H and O–H groups in total. The summed E-state index contributed by atoms with van der Waals surface area (Å²) in [6.45, 7) is 8.46. The molecule has 2 aliphatic rings. The Morgan fingerprint density at radius 2 is 1.96 bits per heavy atom. The minimum atomic E-state index is 0.136. The fraction of sp³-hybridized carbons (Fsp3) is 0.619. The first-order chi connectivity index (χ1) is 12.0. The molecule has 1 unspecified atom stereocenters. The van der Waals surface area contributed by atoms with Crippen molar-refractivity contribution in [1.82, 2.24) is 9.80 Å². The average molecular weight is 342 g/mol. The third-order valence-electron chi connectivity index (χ3n) is 5.60. The van der Waals surface area contributed by atoms with Crippen LogP contribution in [-0.2, 0) is 16.0 Å². The van der Waals surface area contributed by atoms with E-state index in [1.165, 1.54) is 12.8 Å². The molecular formula is C21H30N2O2. The van der Waals surface area contributed by atoms with Gasteiger partial charge in [0.25, 0.3) is 0 Å². The summed E-state index contributed by atoms with van der Waals surface area (Å²) < 4.78 is 0. The summed E-state index contributed by atoms with van der Waals surface area (Å²) in [6, 6.07) is 8.18. The van der Waals surface area contributed by atoms with Crippen molar-refractivity contribution < 1.29 is 9.59 Å². The second kappa shape index (κ2) is 7.59. The van der Waals surface area contributed by atoms with Crippen LogP contribution in [0, 0.1) is 18.8 Å². The maximum absolute atomic E-state index is 12.9. The van der Waals surface area contributed by atoms with Crippen LogP contribution in [0.4, 0.5) is 0 Å². The molecule has 4 heteroatoms. The van der Waals surface area contributed by atoms with Gasteiger partial charge in [-0.05, 0) is 42.7 Å². The van der Waals surface area contributed by atoms with E-state index in [0.29, 0.717) is 37.8 Å². The Bertz CT molecular complexity index is 637. The van der Waals surface area contributed by atoms with Gasteiger partial charge >= 0.3 is 0 Å². The lowest BCUT2D eigenvalue weighted by molar-refractivity contribution is -0.134. The van der Waals surface area contributed by atoms with Crippen LogP contribution in [0.25, 0.3) is 0 Å². The highest BCUT2D eigenvalue weighted by Crippen LogP contribution is 2.32. The van der Waals surface area contributed by atoms with Crippen LogP contribution in [-0.4, -0.2) is 47.3 Å². The third-order valence-corrected chi connectivity index (χ3v) is 5.60. The predicted octanol–water partition coefficient (Wildman–Crippen LogP) is 3.03. The minimum absolute atomic E-state index is 0.136. The lowest BCUT2D eigenvalue weighted by Crippen LogP contribution is -2.48. The molecule has 0 bridgehead atoms. The van der Waals surface area contributed by atoms with Crippen LogP contribution >= 0.6 is 0 Å². The second-order valence-corrected chi connectivity index (χ2v) is 7.99. The maximum Gasteiger partial charge on any atom is 0.227 e. The number of hydrogen-bond acceptors (Lipinski definition) is 2. The molecule has 1 saturated heterocycles. The predicted molar refractivity (Wildman–Crippen MR) is 99.1 cm³/mol. The van der Waals surface area contributed by atoms with Crippen molar-refractivity contribution in [2.24, 2.45) is 11.8 Å². The molecule has 1 aliphatic heterocycles. The summed E-state index contributed by atoms with van der Waals surface area (Å²) >= 11 is 0. The third kappa shape index (κ3) is 4.42. The normalized spacial score (nSPS) is 21.6. The summed E-state index contributed by atoms with van der Waals surface area (Å²) in [5, 5.41) is 0. The van der Waals surface area contributed by atoms with Crippen LogP contribution in [0.5, 0.6) is 0 Å². The molecule has 25 heavy (non-hydrogen) atoms. The van der Waals surface area contributed by atoms with Gasteiger partial charge in [0.05, 0.1) is 12.5 Å². The van der Waals surface area contributed by atoms with Crippen LogP contribution in [0.3, 0.4) is 0 Å². The molecule has 2 fully saturated rings. The molecule has 1 aromatic rings. The Kier molecular flexibility index (Phi) is 5.45. The molecule has 0 aromatic heterocycles.